The van der Waals surface area contributed by atoms with Crippen molar-refractivity contribution in [1.29, 1.82) is 0 Å². The molecule has 0 saturated heterocycles. The van der Waals surface area contributed by atoms with Gasteiger partial charge < -0.3 is 10.1 Å². The molecule has 0 spiro atoms. The first-order valence-electron chi connectivity index (χ1n) is 7.31. The van der Waals surface area contributed by atoms with E-state index in [0.717, 1.165) is 7.05 Å². The zero-order valence-corrected chi connectivity index (χ0v) is 15.7. The zero-order valence-electron chi connectivity index (χ0n) is 14.1. The number of halogens is 4. The molecule has 11 heteroatoms. The van der Waals surface area contributed by atoms with E-state index in [9.17, 15) is 26.4 Å². The van der Waals surface area contributed by atoms with Crippen LogP contribution in [0.25, 0.3) is 0 Å². The number of carbonyl (C=O) groups excluding carboxylic acids is 1. The van der Waals surface area contributed by atoms with Crippen molar-refractivity contribution in [3.63, 3.8) is 0 Å². The number of nitrogens with one attached hydrogen (secondary N) is 1. The third kappa shape index (κ3) is 4.52. The highest BCUT2D eigenvalue weighted by Gasteiger charge is 2.29. The molecule has 0 bridgehead atoms. The molecule has 0 heterocycles. The number of benzene rings is 2. The largest absolute Gasteiger partial charge is 0.495 e. The Morgan fingerprint density at radius 1 is 1.19 bits per heavy atom. The van der Waals surface area contributed by atoms with Crippen molar-refractivity contribution < 1.29 is 31.1 Å². The Bertz CT molecular complexity index is 986. The van der Waals surface area contributed by atoms with Gasteiger partial charge in [-0.15, -0.1) is 0 Å². The van der Waals surface area contributed by atoms with Gasteiger partial charge in [0.05, 0.1) is 19.3 Å². The van der Waals surface area contributed by atoms with Crippen molar-refractivity contribution in [3.8, 4) is 5.75 Å². The number of rotatable bonds is 6. The molecule has 2 aromatic carbocycles. The maximum Gasteiger partial charge on any atom is 0.246 e. The van der Waals surface area contributed by atoms with Gasteiger partial charge >= 0.3 is 0 Å². The fourth-order valence-corrected chi connectivity index (χ4v) is 3.48. The van der Waals surface area contributed by atoms with E-state index in [1.54, 1.807) is 0 Å². The highest BCUT2D eigenvalue weighted by Crippen LogP contribution is 2.28. The standard InChI is InChI=1S/C16H14ClF3N2O4S/c1-22(27(24,25)13-6-4-10(18)15(19)16(13)20)8-14(23)21-11-7-9(17)3-5-12(11)26-2/h3-7H,8H2,1-2H3,(H,21,23). The van der Waals surface area contributed by atoms with Gasteiger partial charge in [-0.1, -0.05) is 11.6 Å². The van der Waals surface area contributed by atoms with Crippen LogP contribution in [0.1, 0.15) is 0 Å². The van der Waals surface area contributed by atoms with Gasteiger partial charge in [0, 0.05) is 12.1 Å². The second kappa shape index (κ2) is 8.15. The molecule has 1 amide bonds. The first kappa shape index (κ1) is 21.0. The number of hydrogen-bond donors (Lipinski definition) is 1. The minimum Gasteiger partial charge on any atom is -0.495 e. The van der Waals surface area contributed by atoms with E-state index >= 15 is 0 Å². The molecule has 0 saturated carbocycles. The summed E-state index contributed by atoms with van der Waals surface area (Å²) in [5.74, 6) is -5.81. The Labute approximate surface area is 158 Å². The van der Waals surface area contributed by atoms with E-state index in [-0.39, 0.29) is 11.4 Å². The number of sulfonamides is 1. The van der Waals surface area contributed by atoms with Crippen molar-refractivity contribution >= 4 is 33.2 Å². The van der Waals surface area contributed by atoms with Crippen LogP contribution in [0.3, 0.4) is 0 Å². The van der Waals surface area contributed by atoms with Crippen LogP contribution in [0.2, 0.25) is 5.02 Å². The fourth-order valence-electron chi connectivity index (χ4n) is 2.13. The van der Waals surface area contributed by atoms with Crippen LogP contribution in [0.15, 0.2) is 35.2 Å². The number of ether oxygens (including phenoxy) is 1. The van der Waals surface area contributed by atoms with Crippen molar-refractivity contribution in [2.24, 2.45) is 0 Å². The van der Waals surface area contributed by atoms with Crippen LogP contribution in [-0.2, 0) is 14.8 Å². The van der Waals surface area contributed by atoms with Crippen molar-refractivity contribution in [3.05, 3.63) is 52.8 Å². The van der Waals surface area contributed by atoms with Gasteiger partial charge in [-0.2, -0.15) is 4.31 Å². The molecular formula is C16H14ClF3N2O4S. The topological polar surface area (TPSA) is 75.7 Å². The highest BCUT2D eigenvalue weighted by atomic mass is 35.5. The maximum absolute atomic E-state index is 13.8. The predicted octanol–water partition coefficient (Wildman–Crippen LogP) is 3.03. The summed E-state index contributed by atoms with van der Waals surface area (Å²) in [7, 11) is -2.23. The molecule has 0 radical (unpaired) electrons. The van der Waals surface area contributed by atoms with Crippen molar-refractivity contribution in [2.75, 3.05) is 26.0 Å². The average Bonchev–Trinajstić information content (AvgIpc) is 2.59. The first-order valence-corrected chi connectivity index (χ1v) is 9.13. The molecule has 0 atom stereocenters. The van der Waals surface area contributed by atoms with Crippen LogP contribution in [0, 0.1) is 17.5 Å². The maximum atomic E-state index is 13.8. The molecule has 2 aromatic rings. The first-order chi connectivity index (χ1) is 12.6. The van der Waals surface area contributed by atoms with E-state index in [1.165, 1.54) is 25.3 Å². The van der Waals surface area contributed by atoms with Gasteiger partial charge in [-0.3, -0.25) is 4.79 Å². The summed E-state index contributed by atoms with van der Waals surface area (Å²) in [6.45, 7) is -0.726. The molecular weight excluding hydrogens is 409 g/mol. The quantitative estimate of drug-likeness (QED) is 0.726. The third-order valence-electron chi connectivity index (χ3n) is 3.49. The zero-order chi connectivity index (χ0) is 20.4. The molecule has 0 aliphatic rings. The van der Waals surface area contributed by atoms with E-state index in [0.29, 0.717) is 21.5 Å². The summed E-state index contributed by atoms with van der Waals surface area (Å²) >= 11 is 5.84. The molecule has 6 nitrogen and oxygen atoms in total. The summed E-state index contributed by atoms with van der Waals surface area (Å²) in [5.41, 5.74) is 0.194. The summed E-state index contributed by atoms with van der Waals surface area (Å²) in [6.07, 6.45) is 0. The van der Waals surface area contributed by atoms with Crippen molar-refractivity contribution in [1.82, 2.24) is 4.31 Å². The number of amides is 1. The molecule has 0 aliphatic heterocycles. The minimum atomic E-state index is -4.59. The SMILES string of the molecule is COc1ccc(Cl)cc1NC(=O)CN(C)S(=O)(=O)c1ccc(F)c(F)c1F. The van der Waals surface area contributed by atoms with Gasteiger partial charge in [0.1, 0.15) is 10.6 Å². The lowest BCUT2D eigenvalue weighted by atomic mass is 10.3. The number of carbonyl (C=O) groups is 1. The molecule has 1 N–H and O–H groups in total. The Kier molecular flexibility index (Phi) is 6.34. The number of anilines is 1. The summed E-state index contributed by atoms with van der Waals surface area (Å²) < 4.78 is 70.4. The van der Waals surface area contributed by atoms with Crippen LogP contribution in [0.5, 0.6) is 5.75 Å². The van der Waals surface area contributed by atoms with Crippen LogP contribution in [0.4, 0.5) is 18.9 Å². The molecule has 146 valence electrons. The van der Waals surface area contributed by atoms with Gasteiger partial charge in [0.25, 0.3) is 0 Å². The van der Waals surface area contributed by atoms with E-state index in [1.807, 2.05) is 0 Å². The molecule has 27 heavy (non-hydrogen) atoms. The lowest BCUT2D eigenvalue weighted by molar-refractivity contribution is -0.116. The minimum absolute atomic E-state index is 0.194. The highest BCUT2D eigenvalue weighted by molar-refractivity contribution is 7.89. The molecule has 0 fully saturated rings. The van der Waals surface area contributed by atoms with Crippen LogP contribution >= 0.6 is 11.6 Å². The molecule has 0 aromatic heterocycles. The van der Waals surface area contributed by atoms with Crippen molar-refractivity contribution in [2.45, 2.75) is 4.90 Å². The van der Waals surface area contributed by atoms with E-state index in [4.69, 9.17) is 16.3 Å². The number of methoxy groups -OCH3 is 1. The van der Waals surface area contributed by atoms with Gasteiger partial charge in [0.2, 0.25) is 15.9 Å². The summed E-state index contributed by atoms with van der Waals surface area (Å²) in [6, 6.07) is 5.48. The van der Waals surface area contributed by atoms with Crippen LogP contribution in [-0.4, -0.2) is 39.3 Å². The molecule has 0 aliphatic carbocycles. The lowest BCUT2D eigenvalue weighted by Crippen LogP contribution is -2.35. The average molecular weight is 423 g/mol. The number of likely N-dealkylation sites (N-methyl/N-ethyl adjacent to an activating group) is 1. The number of nitrogens with zero attached hydrogens (tertiary/aromatic N) is 1. The Balaban J connectivity index is 2.21. The second-order valence-corrected chi connectivity index (χ2v) is 7.78. The summed E-state index contributed by atoms with van der Waals surface area (Å²) in [4.78, 5) is 11.1. The normalized spacial score (nSPS) is 11.5. The Morgan fingerprint density at radius 2 is 1.85 bits per heavy atom. The van der Waals surface area contributed by atoms with Gasteiger partial charge in [-0.25, -0.2) is 21.6 Å². The predicted molar refractivity (Wildman–Crippen MR) is 92.8 cm³/mol. The Hall–Kier alpha value is -2.30. The second-order valence-electron chi connectivity index (χ2n) is 5.33. The molecule has 2 rings (SSSR count). The fraction of sp³-hybridized carbons (Fsp3) is 0.188. The Morgan fingerprint density at radius 3 is 2.48 bits per heavy atom. The summed E-state index contributed by atoms with van der Waals surface area (Å²) in [5, 5.41) is 2.71. The molecule has 0 unspecified atom stereocenters. The lowest BCUT2D eigenvalue weighted by Gasteiger charge is -2.18. The number of hydrogen-bond acceptors (Lipinski definition) is 4. The third-order valence-corrected chi connectivity index (χ3v) is 5.55. The monoisotopic (exact) mass is 422 g/mol. The van der Waals surface area contributed by atoms with E-state index in [2.05, 4.69) is 5.32 Å². The van der Waals surface area contributed by atoms with Gasteiger partial charge in [-0.05, 0) is 30.3 Å². The van der Waals surface area contributed by atoms with Crippen LogP contribution < -0.4 is 10.1 Å². The smallest absolute Gasteiger partial charge is 0.246 e. The van der Waals surface area contributed by atoms with E-state index < -0.39 is 44.8 Å². The van der Waals surface area contributed by atoms with Gasteiger partial charge in [0.15, 0.2) is 17.5 Å².